The molecule has 2 atom stereocenters. The summed E-state index contributed by atoms with van der Waals surface area (Å²) < 4.78 is 0. The molecular weight excluding hydrogens is 258 g/mol. The van der Waals surface area contributed by atoms with Gasteiger partial charge in [0, 0.05) is 19.2 Å². The topological polar surface area (TPSA) is 75.5 Å². The Hall–Kier alpha value is -1.95. The molecule has 1 aliphatic rings. The van der Waals surface area contributed by atoms with E-state index in [1.807, 2.05) is 13.0 Å². The van der Waals surface area contributed by atoms with E-state index in [0.29, 0.717) is 0 Å². The van der Waals surface area contributed by atoms with Crippen LogP contribution in [0.2, 0.25) is 0 Å². The minimum absolute atomic E-state index is 0.0431. The fraction of sp³-hybridized carbons (Fsp3) is 0.500. The van der Waals surface area contributed by atoms with Gasteiger partial charge < -0.3 is 10.2 Å². The SMILES string of the molecule is CC(c1cccc([N+](=O)[O-])c1)N(C)C(=O)[C@H]1CCCN1. The third-order valence-electron chi connectivity index (χ3n) is 3.85. The lowest BCUT2D eigenvalue weighted by molar-refractivity contribution is -0.384. The van der Waals surface area contributed by atoms with Crippen LogP contribution >= 0.6 is 0 Å². The molecule has 1 aromatic carbocycles. The number of nitro benzene ring substituents is 1. The summed E-state index contributed by atoms with van der Waals surface area (Å²) in [6.45, 7) is 2.75. The number of hydrogen-bond acceptors (Lipinski definition) is 4. The normalized spacial score (nSPS) is 19.6. The molecule has 1 saturated heterocycles. The number of hydrogen-bond donors (Lipinski definition) is 1. The average Bonchev–Trinajstić information content (AvgIpc) is 2.99. The van der Waals surface area contributed by atoms with Gasteiger partial charge in [-0.25, -0.2) is 0 Å². The van der Waals surface area contributed by atoms with E-state index in [1.54, 1.807) is 18.0 Å². The molecule has 0 spiro atoms. The van der Waals surface area contributed by atoms with Crippen molar-refractivity contribution in [3.8, 4) is 0 Å². The second-order valence-electron chi connectivity index (χ2n) is 5.13. The van der Waals surface area contributed by atoms with Crippen LogP contribution in [-0.4, -0.2) is 35.4 Å². The number of nitro groups is 1. The molecule has 1 aromatic rings. The van der Waals surface area contributed by atoms with Crippen LogP contribution in [0.3, 0.4) is 0 Å². The van der Waals surface area contributed by atoms with E-state index in [-0.39, 0.29) is 23.7 Å². The molecule has 0 saturated carbocycles. The minimum atomic E-state index is -0.420. The number of carbonyl (C=O) groups excluding carboxylic acids is 1. The zero-order valence-corrected chi connectivity index (χ0v) is 11.7. The highest BCUT2D eigenvalue weighted by Crippen LogP contribution is 2.24. The van der Waals surface area contributed by atoms with Crippen LogP contribution in [-0.2, 0) is 4.79 Å². The number of amides is 1. The first-order valence-corrected chi connectivity index (χ1v) is 6.75. The number of non-ortho nitro benzene ring substituents is 1. The van der Waals surface area contributed by atoms with Gasteiger partial charge in [0.15, 0.2) is 0 Å². The van der Waals surface area contributed by atoms with Crippen LogP contribution in [0.15, 0.2) is 24.3 Å². The van der Waals surface area contributed by atoms with Crippen molar-refractivity contribution in [3.63, 3.8) is 0 Å². The summed E-state index contributed by atoms with van der Waals surface area (Å²) in [5.74, 6) is 0.0431. The van der Waals surface area contributed by atoms with Crippen molar-refractivity contribution < 1.29 is 9.72 Å². The molecule has 0 aliphatic carbocycles. The van der Waals surface area contributed by atoms with Crippen LogP contribution in [0.5, 0.6) is 0 Å². The molecule has 6 nitrogen and oxygen atoms in total. The largest absolute Gasteiger partial charge is 0.338 e. The van der Waals surface area contributed by atoms with Gasteiger partial charge in [-0.1, -0.05) is 12.1 Å². The van der Waals surface area contributed by atoms with Crippen LogP contribution in [0.25, 0.3) is 0 Å². The predicted molar refractivity (Wildman–Crippen MR) is 75.3 cm³/mol. The van der Waals surface area contributed by atoms with Gasteiger partial charge in [-0.2, -0.15) is 0 Å². The first-order chi connectivity index (χ1) is 9.50. The van der Waals surface area contributed by atoms with Gasteiger partial charge in [-0.15, -0.1) is 0 Å². The Kier molecular flexibility index (Phi) is 4.34. The van der Waals surface area contributed by atoms with Gasteiger partial charge in [-0.3, -0.25) is 14.9 Å². The second-order valence-corrected chi connectivity index (χ2v) is 5.13. The number of nitrogens with one attached hydrogen (secondary N) is 1. The summed E-state index contributed by atoms with van der Waals surface area (Å²) in [6, 6.07) is 6.12. The summed E-state index contributed by atoms with van der Waals surface area (Å²) in [4.78, 5) is 24.3. The molecule has 1 unspecified atom stereocenters. The monoisotopic (exact) mass is 277 g/mol. The standard InChI is InChI=1S/C14H19N3O3/c1-10(11-5-3-6-12(9-11)17(19)20)16(2)14(18)13-7-4-8-15-13/h3,5-6,9-10,13,15H,4,7-8H2,1-2H3/t10?,13-/m1/s1. The van der Waals surface area contributed by atoms with Gasteiger partial charge in [0.05, 0.1) is 17.0 Å². The van der Waals surface area contributed by atoms with Crippen LogP contribution < -0.4 is 5.32 Å². The first-order valence-electron chi connectivity index (χ1n) is 6.75. The van der Waals surface area contributed by atoms with E-state index in [4.69, 9.17) is 0 Å². The molecule has 20 heavy (non-hydrogen) atoms. The summed E-state index contributed by atoms with van der Waals surface area (Å²) in [6.07, 6.45) is 1.86. The van der Waals surface area contributed by atoms with Crippen molar-refractivity contribution >= 4 is 11.6 Å². The van der Waals surface area contributed by atoms with Crippen molar-refractivity contribution in [1.82, 2.24) is 10.2 Å². The predicted octanol–water partition coefficient (Wildman–Crippen LogP) is 1.87. The lowest BCUT2D eigenvalue weighted by Gasteiger charge is -2.27. The molecule has 108 valence electrons. The van der Waals surface area contributed by atoms with Gasteiger partial charge in [-0.05, 0) is 31.9 Å². The molecule has 6 heteroatoms. The molecule has 0 radical (unpaired) electrons. The molecule has 1 heterocycles. The summed E-state index contributed by atoms with van der Waals surface area (Å²) in [7, 11) is 1.74. The number of benzene rings is 1. The van der Waals surface area contributed by atoms with Crippen molar-refractivity contribution in [2.24, 2.45) is 0 Å². The number of likely N-dealkylation sites (N-methyl/N-ethyl adjacent to an activating group) is 1. The Labute approximate surface area is 117 Å². The Balaban J connectivity index is 2.13. The number of rotatable bonds is 4. The zero-order valence-electron chi connectivity index (χ0n) is 11.7. The molecule has 2 rings (SSSR count). The molecular formula is C14H19N3O3. The average molecular weight is 277 g/mol. The third kappa shape index (κ3) is 2.96. The fourth-order valence-corrected chi connectivity index (χ4v) is 2.45. The summed E-state index contributed by atoms with van der Waals surface area (Å²) >= 11 is 0. The lowest BCUT2D eigenvalue weighted by Crippen LogP contribution is -2.42. The molecule has 0 bridgehead atoms. The highest BCUT2D eigenvalue weighted by Gasteiger charge is 2.28. The molecule has 1 amide bonds. The van der Waals surface area contributed by atoms with Crippen molar-refractivity contribution in [2.45, 2.75) is 31.8 Å². The van der Waals surface area contributed by atoms with Crippen LogP contribution in [0.4, 0.5) is 5.69 Å². The van der Waals surface area contributed by atoms with E-state index in [1.165, 1.54) is 12.1 Å². The Bertz CT molecular complexity index is 512. The maximum Gasteiger partial charge on any atom is 0.269 e. The van der Waals surface area contributed by atoms with E-state index < -0.39 is 4.92 Å². The summed E-state index contributed by atoms with van der Waals surface area (Å²) in [5.41, 5.74) is 0.822. The lowest BCUT2D eigenvalue weighted by atomic mass is 10.1. The quantitative estimate of drug-likeness (QED) is 0.673. The Morgan fingerprint density at radius 2 is 2.30 bits per heavy atom. The molecule has 0 aromatic heterocycles. The van der Waals surface area contributed by atoms with Gasteiger partial charge in [0.2, 0.25) is 5.91 Å². The van der Waals surface area contributed by atoms with Crippen LogP contribution in [0.1, 0.15) is 31.4 Å². The maximum absolute atomic E-state index is 12.3. The maximum atomic E-state index is 12.3. The minimum Gasteiger partial charge on any atom is -0.338 e. The second kappa shape index (κ2) is 6.00. The van der Waals surface area contributed by atoms with E-state index in [0.717, 1.165) is 24.9 Å². The fourth-order valence-electron chi connectivity index (χ4n) is 2.45. The van der Waals surface area contributed by atoms with E-state index >= 15 is 0 Å². The molecule has 1 fully saturated rings. The van der Waals surface area contributed by atoms with Crippen LogP contribution in [0, 0.1) is 10.1 Å². The zero-order chi connectivity index (χ0) is 14.7. The van der Waals surface area contributed by atoms with Crippen molar-refractivity contribution in [2.75, 3.05) is 13.6 Å². The number of carbonyl (C=O) groups is 1. The Morgan fingerprint density at radius 3 is 2.90 bits per heavy atom. The number of nitrogens with zero attached hydrogens (tertiary/aromatic N) is 2. The van der Waals surface area contributed by atoms with Gasteiger partial charge in [0.1, 0.15) is 0 Å². The van der Waals surface area contributed by atoms with Crippen molar-refractivity contribution in [3.05, 3.63) is 39.9 Å². The molecule has 1 aliphatic heterocycles. The highest BCUT2D eigenvalue weighted by atomic mass is 16.6. The summed E-state index contributed by atoms with van der Waals surface area (Å²) in [5, 5.41) is 14.0. The van der Waals surface area contributed by atoms with Crippen molar-refractivity contribution in [1.29, 1.82) is 0 Å². The van der Waals surface area contributed by atoms with E-state index in [2.05, 4.69) is 5.32 Å². The molecule has 1 N–H and O–H groups in total. The first kappa shape index (κ1) is 14.5. The third-order valence-corrected chi connectivity index (χ3v) is 3.85. The van der Waals surface area contributed by atoms with Gasteiger partial charge in [0.25, 0.3) is 5.69 Å². The smallest absolute Gasteiger partial charge is 0.269 e. The Morgan fingerprint density at radius 1 is 1.55 bits per heavy atom. The van der Waals surface area contributed by atoms with Gasteiger partial charge >= 0.3 is 0 Å². The highest BCUT2D eigenvalue weighted by molar-refractivity contribution is 5.82. The van der Waals surface area contributed by atoms with E-state index in [9.17, 15) is 14.9 Å².